The van der Waals surface area contributed by atoms with Gasteiger partial charge in [0, 0.05) is 12.6 Å². The zero-order valence-electron chi connectivity index (χ0n) is 23.1. The fourth-order valence-corrected chi connectivity index (χ4v) is 5.45. The Labute approximate surface area is 231 Å². The molecule has 2 amide bonds. The van der Waals surface area contributed by atoms with Crippen LogP contribution in [-0.4, -0.2) is 50.9 Å². The van der Waals surface area contributed by atoms with Crippen LogP contribution in [-0.2, 0) is 26.2 Å². The van der Waals surface area contributed by atoms with E-state index in [1.54, 1.807) is 49.4 Å². The Balaban J connectivity index is 2.04. The average Bonchev–Trinajstić information content (AvgIpc) is 2.95. The number of aryl methyl sites for hydroxylation is 1. The Morgan fingerprint density at radius 3 is 2.15 bits per heavy atom. The highest BCUT2D eigenvalue weighted by molar-refractivity contribution is 7.92. The van der Waals surface area contributed by atoms with E-state index in [1.807, 2.05) is 45.0 Å². The van der Waals surface area contributed by atoms with Crippen molar-refractivity contribution in [1.29, 1.82) is 0 Å². The maximum absolute atomic E-state index is 14.0. The van der Waals surface area contributed by atoms with Crippen LogP contribution in [0.3, 0.4) is 0 Å². The largest absolute Gasteiger partial charge is 0.495 e. The Morgan fingerprint density at radius 2 is 1.54 bits per heavy atom. The molecule has 3 aromatic rings. The molecule has 9 heteroatoms. The van der Waals surface area contributed by atoms with Crippen molar-refractivity contribution >= 4 is 27.5 Å². The Bertz CT molecular complexity index is 1360. The predicted octanol–water partition coefficient (Wildman–Crippen LogP) is 4.53. The Kier molecular flexibility index (Phi) is 10.1. The molecule has 3 aromatic carbocycles. The van der Waals surface area contributed by atoms with E-state index in [4.69, 9.17) is 4.74 Å². The highest BCUT2D eigenvalue weighted by atomic mass is 32.2. The summed E-state index contributed by atoms with van der Waals surface area (Å²) in [6, 6.07) is 21.3. The summed E-state index contributed by atoms with van der Waals surface area (Å²) in [5.74, 6) is -0.523. The monoisotopic (exact) mass is 551 g/mol. The predicted molar refractivity (Wildman–Crippen MR) is 153 cm³/mol. The van der Waals surface area contributed by atoms with E-state index in [0.29, 0.717) is 5.75 Å². The van der Waals surface area contributed by atoms with E-state index in [-0.39, 0.29) is 29.1 Å². The summed E-state index contributed by atoms with van der Waals surface area (Å²) in [6.45, 7) is 7.10. The van der Waals surface area contributed by atoms with Crippen LogP contribution in [0.4, 0.5) is 5.69 Å². The van der Waals surface area contributed by atoms with E-state index in [9.17, 15) is 18.0 Å². The van der Waals surface area contributed by atoms with Crippen molar-refractivity contribution in [2.45, 2.75) is 57.6 Å². The highest BCUT2D eigenvalue weighted by Gasteiger charge is 2.33. The van der Waals surface area contributed by atoms with E-state index >= 15 is 0 Å². The van der Waals surface area contributed by atoms with Gasteiger partial charge in [-0.15, -0.1) is 0 Å². The highest BCUT2D eigenvalue weighted by Crippen LogP contribution is 2.32. The third-order valence-corrected chi connectivity index (χ3v) is 8.38. The molecular formula is C30H37N3O5S. The smallest absolute Gasteiger partial charge is 0.264 e. The van der Waals surface area contributed by atoms with Gasteiger partial charge in [-0.2, -0.15) is 0 Å². The minimum absolute atomic E-state index is 0.0383. The zero-order valence-corrected chi connectivity index (χ0v) is 23.9. The summed E-state index contributed by atoms with van der Waals surface area (Å²) in [6.07, 6.45) is 0.737. The van der Waals surface area contributed by atoms with Crippen LogP contribution >= 0.6 is 0 Å². The van der Waals surface area contributed by atoms with Crippen LogP contribution in [0.15, 0.2) is 83.8 Å². The molecule has 39 heavy (non-hydrogen) atoms. The molecule has 0 aliphatic heterocycles. The number of sulfonamides is 1. The molecule has 0 spiro atoms. The van der Waals surface area contributed by atoms with E-state index in [1.165, 1.54) is 24.1 Å². The van der Waals surface area contributed by atoms with Crippen molar-refractivity contribution < 1.29 is 22.7 Å². The number of hydrogen-bond acceptors (Lipinski definition) is 5. The molecule has 0 aliphatic rings. The number of carbonyl (C=O) groups excluding carboxylic acids is 2. The molecule has 0 aliphatic carbocycles. The van der Waals surface area contributed by atoms with Crippen LogP contribution < -0.4 is 14.4 Å². The van der Waals surface area contributed by atoms with Gasteiger partial charge in [-0.25, -0.2) is 8.42 Å². The van der Waals surface area contributed by atoms with Crippen LogP contribution in [0.5, 0.6) is 5.75 Å². The zero-order chi connectivity index (χ0) is 28.6. The minimum Gasteiger partial charge on any atom is -0.495 e. The lowest BCUT2D eigenvalue weighted by atomic mass is 10.1. The number of anilines is 1. The molecule has 8 nitrogen and oxygen atoms in total. The Morgan fingerprint density at radius 1 is 0.923 bits per heavy atom. The maximum Gasteiger partial charge on any atom is 0.264 e. The molecule has 3 rings (SSSR count). The van der Waals surface area contributed by atoms with Gasteiger partial charge in [0.15, 0.2) is 0 Å². The third-order valence-electron chi connectivity index (χ3n) is 6.61. The van der Waals surface area contributed by atoms with Crippen LogP contribution in [0, 0.1) is 6.92 Å². The number of amides is 2. The van der Waals surface area contributed by atoms with E-state index in [2.05, 4.69) is 5.32 Å². The van der Waals surface area contributed by atoms with Gasteiger partial charge >= 0.3 is 0 Å². The molecule has 1 N–H and O–H groups in total. The Hall–Kier alpha value is -3.85. The van der Waals surface area contributed by atoms with E-state index in [0.717, 1.165) is 21.9 Å². The van der Waals surface area contributed by atoms with Gasteiger partial charge in [-0.3, -0.25) is 13.9 Å². The number of benzene rings is 3. The molecule has 0 heterocycles. The van der Waals surface area contributed by atoms with Gasteiger partial charge in [0.2, 0.25) is 11.8 Å². The number of carbonyl (C=O) groups is 2. The van der Waals surface area contributed by atoms with E-state index < -0.39 is 28.5 Å². The second kappa shape index (κ2) is 13.3. The SMILES string of the molecule is CC[C@@H](C)NC(=O)[C@@H](C)N(Cc1ccc(C)cc1)C(=O)CN(c1ccccc1OC)S(=O)(=O)c1ccccc1. The normalized spacial score (nSPS) is 12.7. The van der Waals surface area contributed by atoms with Gasteiger partial charge in [-0.1, -0.05) is 67.1 Å². The lowest BCUT2D eigenvalue weighted by Gasteiger charge is -2.32. The molecule has 2 atom stereocenters. The fourth-order valence-electron chi connectivity index (χ4n) is 4.01. The first-order valence-corrected chi connectivity index (χ1v) is 14.4. The topological polar surface area (TPSA) is 96.0 Å². The van der Waals surface area contributed by atoms with Gasteiger partial charge in [0.1, 0.15) is 18.3 Å². The van der Waals surface area contributed by atoms with Gasteiger partial charge in [-0.05, 0) is 57.0 Å². The average molecular weight is 552 g/mol. The molecule has 0 saturated heterocycles. The molecule has 208 valence electrons. The van der Waals surface area contributed by atoms with Crippen LogP contribution in [0.1, 0.15) is 38.3 Å². The van der Waals surface area contributed by atoms with Gasteiger partial charge in [0.05, 0.1) is 17.7 Å². The third kappa shape index (κ3) is 7.38. The van der Waals surface area contributed by atoms with Crippen molar-refractivity contribution in [2.75, 3.05) is 18.0 Å². The number of para-hydroxylation sites is 2. The number of nitrogens with one attached hydrogen (secondary N) is 1. The van der Waals surface area contributed by atoms with Gasteiger partial charge in [0.25, 0.3) is 10.0 Å². The first kappa shape index (κ1) is 29.7. The number of nitrogens with zero attached hydrogens (tertiary/aromatic N) is 2. The van der Waals surface area contributed by atoms with Crippen molar-refractivity contribution in [3.8, 4) is 5.75 Å². The molecule has 0 saturated carbocycles. The summed E-state index contributed by atoms with van der Waals surface area (Å²) in [5.41, 5.74) is 2.12. The van der Waals surface area contributed by atoms with Crippen molar-refractivity contribution in [1.82, 2.24) is 10.2 Å². The summed E-state index contributed by atoms with van der Waals surface area (Å²) >= 11 is 0. The number of methoxy groups -OCH3 is 1. The summed E-state index contributed by atoms with van der Waals surface area (Å²) in [5, 5.41) is 2.93. The summed E-state index contributed by atoms with van der Waals surface area (Å²) in [7, 11) is -2.71. The molecule has 0 unspecified atom stereocenters. The second-order valence-corrected chi connectivity index (χ2v) is 11.4. The molecular weight excluding hydrogens is 514 g/mol. The lowest BCUT2D eigenvalue weighted by molar-refractivity contribution is -0.139. The molecule has 0 bridgehead atoms. The standard InChI is InChI=1S/C30H37N3O5S/c1-6-23(3)31-30(35)24(4)32(20-25-18-16-22(2)17-19-25)29(34)21-33(27-14-10-11-15-28(27)38-5)39(36,37)26-12-8-7-9-13-26/h7-19,23-24H,6,20-21H2,1-5H3,(H,31,35)/t23-,24-/m1/s1. The number of ether oxygens (including phenoxy) is 1. The van der Waals surface area contributed by atoms with Crippen molar-refractivity contribution in [3.63, 3.8) is 0 Å². The molecule has 0 aromatic heterocycles. The lowest BCUT2D eigenvalue weighted by Crippen LogP contribution is -2.52. The quantitative estimate of drug-likeness (QED) is 0.357. The molecule has 0 fully saturated rings. The van der Waals surface area contributed by atoms with Gasteiger partial charge < -0.3 is 15.0 Å². The summed E-state index contributed by atoms with van der Waals surface area (Å²) < 4.78 is 34.2. The minimum atomic E-state index is -4.16. The van der Waals surface area contributed by atoms with Crippen molar-refractivity contribution in [3.05, 3.63) is 90.0 Å². The summed E-state index contributed by atoms with van der Waals surface area (Å²) in [4.78, 5) is 28.6. The van der Waals surface area contributed by atoms with Crippen LogP contribution in [0.25, 0.3) is 0 Å². The van der Waals surface area contributed by atoms with Crippen molar-refractivity contribution in [2.24, 2.45) is 0 Å². The fraction of sp³-hybridized carbons (Fsp3) is 0.333. The maximum atomic E-state index is 14.0. The number of hydrogen-bond donors (Lipinski definition) is 1. The first-order chi connectivity index (χ1) is 18.6. The molecule has 0 radical (unpaired) electrons. The second-order valence-electron chi connectivity index (χ2n) is 9.50. The number of rotatable bonds is 12. The van der Waals surface area contributed by atoms with Crippen LogP contribution in [0.2, 0.25) is 0 Å². The first-order valence-electron chi connectivity index (χ1n) is 12.9.